The van der Waals surface area contributed by atoms with Crippen LogP contribution in [0.5, 0.6) is 0 Å². The molecule has 1 heterocycles. The average Bonchev–Trinajstić information content (AvgIpc) is 2.63. The number of amides is 1. The molecule has 0 radical (unpaired) electrons. The summed E-state index contributed by atoms with van der Waals surface area (Å²) in [6.07, 6.45) is 3.25. The number of nitrogens with zero attached hydrogens (tertiary/aromatic N) is 2. The molecule has 0 unspecified atom stereocenters. The number of hydrogen-bond acceptors (Lipinski definition) is 4. The fourth-order valence-electron chi connectivity index (χ4n) is 1.02. The maximum atomic E-state index is 11.3. The van der Waals surface area contributed by atoms with Gasteiger partial charge in [-0.3, -0.25) is 4.79 Å². The molecule has 0 saturated carbocycles. The second kappa shape index (κ2) is 5.36. The lowest BCUT2D eigenvalue weighted by atomic mass is 10.4. The van der Waals surface area contributed by atoms with E-state index < -0.39 is 0 Å². The van der Waals surface area contributed by atoms with Crippen LogP contribution in [0.15, 0.2) is 12.5 Å². The van der Waals surface area contributed by atoms with Gasteiger partial charge in [0.2, 0.25) is 0 Å². The number of imidazole rings is 1. The van der Waals surface area contributed by atoms with E-state index in [0.29, 0.717) is 31.9 Å². The first-order valence-corrected chi connectivity index (χ1v) is 4.48. The fraction of sp³-hybridized carbons (Fsp3) is 0.500. The Bertz CT molecular complexity index is 296. The number of aromatic nitrogens is 2. The molecule has 0 bridgehead atoms. The first kappa shape index (κ1) is 10.7. The molecule has 0 aromatic carbocycles. The molecule has 14 heavy (non-hydrogen) atoms. The normalized spacial score (nSPS) is 10.1. The number of rotatable bonds is 5. The molecular formula is C8H15N5O. The van der Waals surface area contributed by atoms with E-state index in [0.717, 1.165) is 0 Å². The lowest BCUT2D eigenvalue weighted by Crippen LogP contribution is -2.29. The number of hydrogen-bond donors (Lipinski definition) is 3. The molecule has 1 rings (SSSR count). The minimum atomic E-state index is -0.203. The summed E-state index contributed by atoms with van der Waals surface area (Å²) in [6.45, 7) is 2.08. The summed E-state index contributed by atoms with van der Waals surface area (Å²) in [5, 5.41) is 2.63. The quantitative estimate of drug-likeness (QED) is 0.536. The summed E-state index contributed by atoms with van der Waals surface area (Å²) in [5.41, 5.74) is 11.0. The standard InChI is InChI=1S/C8H15N5O/c9-1-3-11-8(14)7-5-13(4-2-10)6-12-7/h5-6H,1-4,9-10H2,(H,11,14). The van der Waals surface area contributed by atoms with Gasteiger partial charge in [0.05, 0.1) is 6.33 Å². The van der Waals surface area contributed by atoms with Gasteiger partial charge < -0.3 is 21.4 Å². The zero-order valence-electron chi connectivity index (χ0n) is 7.94. The Balaban J connectivity index is 2.53. The van der Waals surface area contributed by atoms with E-state index in [1.165, 1.54) is 0 Å². The molecule has 5 N–H and O–H groups in total. The van der Waals surface area contributed by atoms with Gasteiger partial charge in [-0.15, -0.1) is 0 Å². The summed E-state index contributed by atoms with van der Waals surface area (Å²) in [6, 6.07) is 0. The third-order valence-corrected chi connectivity index (χ3v) is 1.68. The van der Waals surface area contributed by atoms with Crippen LogP contribution in [0.1, 0.15) is 10.5 Å². The maximum absolute atomic E-state index is 11.3. The van der Waals surface area contributed by atoms with Gasteiger partial charge in [0, 0.05) is 32.4 Å². The summed E-state index contributed by atoms with van der Waals surface area (Å²) in [4.78, 5) is 15.3. The highest BCUT2D eigenvalue weighted by atomic mass is 16.1. The smallest absolute Gasteiger partial charge is 0.271 e. The van der Waals surface area contributed by atoms with Crippen LogP contribution in [0, 0.1) is 0 Å². The van der Waals surface area contributed by atoms with E-state index in [9.17, 15) is 4.79 Å². The molecule has 6 nitrogen and oxygen atoms in total. The van der Waals surface area contributed by atoms with Crippen molar-refractivity contribution in [3.63, 3.8) is 0 Å². The Morgan fingerprint density at radius 3 is 2.93 bits per heavy atom. The van der Waals surface area contributed by atoms with Crippen molar-refractivity contribution in [1.29, 1.82) is 0 Å². The maximum Gasteiger partial charge on any atom is 0.271 e. The van der Waals surface area contributed by atoms with E-state index in [4.69, 9.17) is 11.5 Å². The molecule has 1 aromatic rings. The Morgan fingerprint density at radius 2 is 2.29 bits per heavy atom. The predicted molar refractivity (Wildman–Crippen MR) is 52.7 cm³/mol. The van der Waals surface area contributed by atoms with Crippen molar-refractivity contribution in [3.8, 4) is 0 Å². The third-order valence-electron chi connectivity index (χ3n) is 1.68. The molecule has 0 aliphatic rings. The minimum Gasteiger partial charge on any atom is -0.349 e. The SMILES string of the molecule is NCCNC(=O)c1cn(CCN)cn1. The van der Waals surface area contributed by atoms with Crippen molar-refractivity contribution >= 4 is 5.91 Å². The van der Waals surface area contributed by atoms with Gasteiger partial charge in [-0.2, -0.15) is 0 Å². The highest BCUT2D eigenvalue weighted by molar-refractivity contribution is 5.91. The highest BCUT2D eigenvalue weighted by Gasteiger charge is 2.07. The lowest BCUT2D eigenvalue weighted by Gasteiger charge is -1.99. The fourth-order valence-corrected chi connectivity index (χ4v) is 1.02. The third kappa shape index (κ3) is 2.82. The summed E-state index contributed by atoms with van der Waals surface area (Å²) < 4.78 is 1.78. The van der Waals surface area contributed by atoms with E-state index in [2.05, 4.69) is 10.3 Å². The largest absolute Gasteiger partial charge is 0.349 e. The van der Waals surface area contributed by atoms with Gasteiger partial charge in [0.25, 0.3) is 5.91 Å². The first-order chi connectivity index (χ1) is 6.77. The molecule has 78 valence electrons. The molecule has 0 aliphatic heterocycles. The Kier molecular flexibility index (Phi) is 4.09. The Hall–Kier alpha value is -1.40. The van der Waals surface area contributed by atoms with E-state index >= 15 is 0 Å². The number of nitrogens with two attached hydrogens (primary N) is 2. The minimum absolute atomic E-state index is 0.203. The highest BCUT2D eigenvalue weighted by Crippen LogP contribution is 1.95. The van der Waals surface area contributed by atoms with E-state index in [-0.39, 0.29) is 5.91 Å². The van der Waals surface area contributed by atoms with Gasteiger partial charge in [-0.25, -0.2) is 4.98 Å². The molecule has 0 aliphatic carbocycles. The molecule has 0 spiro atoms. The van der Waals surface area contributed by atoms with Gasteiger partial charge >= 0.3 is 0 Å². The summed E-state index contributed by atoms with van der Waals surface area (Å²) in [5.74, 6) is -0.203. The zero-order valence-corrected chi connectivity index (χ0v) is 7.94. The zero-order chi connectivity index (χ0) is 10.4. The van der Waals surface area contributed by atoms with Crippen molar-refractivity contribution in [1.82, 2.24) is 14.9 Å². The van der Waals surface area contributed by atoms with Gasteiger partial charge in [-0.05, 0) is 0 Å². The summed E-state index contributed by atoms with van der Waals surface area (Å²) in [7, 11) is 0. The summed E-state index contributed by atoms with van der Waals surface area (Å²) >= 11 is 0. The molecule has 1 amide bonds. The molecule has 1 aromatic heterocycles. The van der Waals surface area contributed by atoms with Crippen LogP contribution < -0.4 is 16.8 Å². The van der Waals surface area contributed by atoms with Crippen molar-refractivity contribution in [2.75, 3.05) is 19.6 Å². The average molecular weight is 197 g/mol. The molecular weight excluding hydrogens is 182 g/mol. The predicted octanol–water partition coefficient (Wildman–Crippen LogP) is -1.47. The topological polar surface area (TPSA) is 99.0 Å². The Labute approximate surface area is 82.3 Å². The van der Waals surface area contributed by atoms with Crippen LogP contribution in [-0.2, 0) is 6.54 Å². The number of carbonyl (C=O) groups is 1. The van der Waals surface area contributed by atoms with Crippen LogP contribution in [0.25, 0.3) is 0 Å². The van der Waals surface area contributed by atoms with Crippen LogP contribution in [0.2, 0.25) is 0 Å². The van der Waals surface area contributed by atoms with Crippen molar-refractivity contribution < 1.29 is 4.79 Å². The van der Waals surface area contributed by atoms with E-state index in [1.807, 2.05) is 0 Å². The number of nitrogens with one attached hydrogen (secondary N) is 1. The molecule has 0 fully saturated rings. The number of carbonyl (C=O) groups excluding carboxylic acids is 1. The molecule has 0 atom stereocenters. The van der Waals surface area contributed by atoms with Crippen molar-refractivity contribution in [3.05, 3.63) is 18.2 Å². The molecule has 0 saturated heterocycles. The monoisotopic (exact) mass is 197 g/mol. The van der Waals surface area contributed by atoms with Gasteiger partial charge in [-0.1, -0.05) is 0 Å². The first-order valence-electron chi connectivity index (χ1n) is 4.48. The van der Waals surface area contributed by atoms with Crippen molar-refractivity contribution in [2.45, 2.75) is 6.54 Å². The van der Waals surface area contributed by atoms with Gasteiger partial charge in [0.1, 0.15) is 5.69 Å². The van der Waals surface area contributed by atoms with Gasteiger partial charge in [0.15, 0.2) is 0 Å². The Morgan fingerprint density at radius 1 is 1.50 bits per heavy atom. The van der Waals surface area contributed by atoms with Crippen molar-refractivity contribution in [2.24, 2.45) is 11.5 Å². The van der Waals surface area contributed by atoms with Crippen LogP contribution >= 0.6 is 0 Å². The second-order valence-corrected chi connectivity index (χ2v) is 2.83. The second-order valence-electron chi connectivity index (χ2n) is 2.83. The van der Waals surface area contributed by atoms with Crippen LogP contribution in [0.4, 0.5) is 0 Å². The van der Waals surface area contributed by atoms with Crippen LogP contribution in [0.3, 0.4) is 0 Å². The molecule has 6 heteroatoms. The van der Waals surface area contributed by atoms with Crippen LogP contribution in [-0.4, -0.2) is 35.1 Å². The van der Waals surface area contributed by atoms with E-state index in [1.54, 1.807) is 17.1 Å². The lowest BCUT2D eigenvalue weighted by molar-refractivity contribution is 0.0950.